The Kier molecular flexibility index (Phi) is 8.60. The van der Waals surface area contributed by atoms with Crippen molar-refractivity contribution in [1.82, 2.24) is 29.9 Å². The summed E-state index contributed by atoms with van der Waals surface area (Å²) in [6.07, 6.45) is 0. The first-order valence-electron chi connectivity index (χ1n) is 18.4. The number of aromatic nitrogens is 6. The van der Waals surface area contributed by atoms with Gasteiger partial charge in [-0.25, -0.2) is 29.9 Å². The lowest BCUT2D eigenvalue weighted by atomic mass is 9.99. The second-order valence-electron chi connectivity index (χ2n) is 13.4. The maximum Gasteiger partial charge on any atom is 0.165 e. The van der Waals surface area contributed by atoms with Crippen LogP contribution in [0.1, 0.15) is 5.56 Å². The highest BCUT2D eigenvalue weighted by Crippen LogP contribution is 2.43. The van der Waals surface area contributed by atoms with E-state index < -0.39 is 0 Å². The molecule has 7 aromatic carbocycles. The van der Waals surface area contributed by atoms with E-state index in [9.17, 15) is 5.26 Å². The molecule has 0 saturated heterocycles. The third-order valence-corrected chi connectivity index (χ3v) is 11.1. The van der Waals surface area contributed by atoms with Crippen LogP contribution in [0.25, 0.3) is 99.6 Å². The molecule has 0 aliphatic carbocycles. The summed E-state index contributed by atoms with van der Waals surface area (Å²) in [5, 5.41) is 11.8. The molecule has 0 saturated carbocycles. The Bertz CT molecular complexity index is 3060. The first-order valence-corrected chi connectivity index (χ1v) is 19.3. The van der Waals surface area contributed by atoms with E-state index in [2.05, 4.69) is 42.5 Å². The Morgan fingerprint density at radius 2 is 0.772 bits per heavy atom. The van der Waals surface area contributed by atoms with Gasteiger partial charge < -0.3 is 0 Å². The monoisotopic (exact) mass is 747 g/mol. The molecule has 0 aliphatic heterocycles. The van der Waals surface area contributed by atoms with Gasteiger partial charge in [0.25, 0.3) is 0 Å². The van der Waals surface area contributed by atoms with Crippen LogP contribution in [-0.2, 0) is 0 Å². The van der Waals surface area contributed by atoms with Crippen LogP contribution in [0.2, 0.25) is 0 Å². The molecule has 0 fully saturated rings. The standard InChI is InChI=1S/C49H29N7S/c50-30-36-20-10-11-21-37(36)31-26-28-35(29-27-31)47-52-44(32-14-4-1-5-15-32)53-48(54-47)39-23-13-25-41-42(39)38-22-12-24-40(43(38)57-41)49-55-45(33-16-6-2-7-17-33)51-46(56-49)34-18-8-3-9-19-34/h1-29H. The fourth-order valence-electron chi connectivity index (χ4n) is 7.11. The Balaban J connectivity index is 1.14. The predicted octanol–water partition coefficient (Wildman–Crippen LogP) is 12.0. The van der Waals surface area contributed by atoms with Crippen molar-refractivity contribution in [1.29, 1.82) is 5.26 Å². The number of hydrogen-bond donors (Lipinski definition) is 0. The molecule has 3 aromatic heterocycles. The number of nitriles is 1. The van der Waals surface area contributed by atoms with Gasteiger partial charge in [0.15, 0.2) is 34.9 Å². The third kappa shape index (κ3) is 6.38. The Morgan fingerprint density at radius 1 is 0.351 bits per heavy atom. The van der Waals surface area contributed by atoms with Gasteiger partial charge in [0.1, 0.15) is 0 Å². The molecule has 0 spiro atoms. The maximum absolute atomic E-state index is 9.71. The van der Waals surface area contributed by atoms with Crippen molar-refractivity contribution in [2.75, 3.05) is 0 Å². The lowest BCUT2D eigenvalue weighted by molar-refractivity contribution is 1.08. The van der Waals surface area contributed by atoms with Gasteiger partial charge in [0.2, 0.25) is 0 Å². The van der Waals surface area contributed by atoms with E-state index in [0.29, 0.717) is 40.5 Å². The zero-order chi connectivity index (χ0) is 38.1. The van der Waals surface area contributed by atoms with Crippen LogP contribution in [-0.4, -0.2) is 29.9 Å². The summed E-state index contributed by atoms with van der Waals surface area (Å²) < 4.78 is 2.16. The van der Waals surface area contributed by atoms with E-state index in [0.717, 1.165) is 64.7 Å². The molecule has 0 unspecified atom stereocenters. The van der Waals surface area contributed by atoms with Crippen LogP contribution in [0.3, 0.4) is 0 Å². The number of hydrogen-bond acceptors (Lipinski definition) is 8. The lowest BCUT2D eigenvalue weighted by Crippen LogP contribution is -2.00. The zero-order valence-electron chi connectivity index (χ0n) is 30.3. The van der Waals surface area contributed by atoms with Gasteiger partial charge in [0.05, 0.1) is 11.6 Å². The molecule has 0 amide bonds. The van der Waals surface area contributed by atoms with E-state index >= 15 is 0 Å². The molecule has 57 heavy (non-hydrogen) atoms. The predicted molar refractivity (Wildman–Crippen MR) is 229 cm³/mol. The van der Waals surface area contributed by atoms with Crippen molar-refractivity contribution in [2.24, 2.45) is 0 Å². The minimum absolute atomic E-state index is 0.559. The fourth-order valence-corrected chi connectivity index (χ4v) is 8.35. The summed E-state index contributed by atoms with van der Waals surface area (Å²) in [6.45, 7) is 0. The molecule has 0 aliphatic rings. The molecule has 10 aromatic rings. The van der Waals surface area contributed by atoms with Gasteiger partial charge in [-0.3, -0.25) is 0 Å². The summed E-state index contributed by atoms with van der Waals surface area (Å²) in [4.78, 5) is 30.3. The Hall–Kier alpha value is -7.73. The van der Waals surface area contributed by atoms with E-state index in [-0.39, 0.29) is 0 Å². The summed E-state index contributed by atoms with van der Waals surface area (Å²) in [5.41, 5.74) is 7.87. The number of benzene rings is 7. The number of thiophene rings is 1. The highest BCUT2D eigenvalue weighted by Gasteiger charge is 2.20. The first-order chi connectivity index (χ1) is 28.2. The van der Waals surface area contributed by atoms with Crippen LogP contribution in [0.5, 0.6) is 0 Å². The average molecular weight is 748 g/mol. The molecular weight excluding hydrogens is 719 g/mol. The van der Waals surface area contributed by atoms with Crippen molar-refractivity contribution in [3.8, 4) is 85.5 Å². The summed E-state index contributed by atoms with van der Waals surface area (Å²) in [7, 11) is 0. The van der Waals surface area contributed by atoms with Crippen LogP contribution in [0.4, 0.5) is 0 Å². The number of nitrogens with zero attached hydrogens (tertiary/aromatic N) is 7. The minimum atomic E-state index is 0.559. The third-order valence-electron chi connectivity index (χ3n) is 9.87. The zero-order valence-corrected chi connectivity index (χ0v) is 31.1. The first kappa shape index (κ1) is 33.8. The van der Waals surface area contributed by atoms with Crippen LogP contribution >= 0.6 is 11.3 Å². The van der Waals surface area contributed by atoms with Crippen molar-refractivity contribution < 1.29 is 0 Å². The van der Waals surface area contributed by atoms with Crippen molar-refractivity contribution in [3.63, 3.8) is 0 Å². The number of rotatable bonds is 7. The SMILES string of the molecule is N#Cc1ccccc1-c1ccc(-c2nc(-c3ccccc3)nc(-c3cccc4sc5c(-c6nc(-c7ccccc7)nc(-c7ccccc7)n6)cccc5c34)n2)cc1. The average Bonchev–Trinajstić information content (AvgIpc) is 3.69. The second kappa shape index (κ2) is 14.5. The summed E-state index contributed by atoms with van der Waals surface area (Å²) in [6, 6.07) is 60.6. The van der Waals surface area contributed by atoms with Crippen molar-refractivity contribution >= 4 is 31.5 Å². The fraction of sp³-hybridized carbons (Fsp3) is 0. The molecule has 0 atom stereocenters. The molecule has 0 N–H and O–H groups in total. The van der Waals surface area contributed by atoms with E-state index in [4.69, 9.17) is 29.9 Å². The quantitative estimate of drug-likeness (QED) is 0.160. The van der Waals surface area contributed by atoms with Crippen LogP contribution in [0.15, 0.2) is 176 Å². The maximum atomic E-state index is 9.71. The molecule has 10 rings (SSSR count). The van der Waals surface area contributed by atoms with Gasteiger partial charge in [-0.1, -0.05) is 158 Å². The van der Waals surface area contributed by atoms with Gasteiger partial charge in [-0.05, 0) is 29.3 Å². The Labute approximate surface area is 332 Å². The van der Waals surface area contributed by atoms with Crippen molar-refractivity contribution in [2.45, 2.75) is 0 Å². The highest BCUT2D eigenvalue weighted by molar-refractivity contribution is 7.26. The molecule has 0 radical (unpaired) electrons. The molecule has 0 bridgehead atoms. The lowest BCUT2D eigenvalue weighted by Gasteiger charge is -2.11. The summed E-state index contributed by atoms with van der Waals surface area (Å²) in [5.74, 6) is 3.56. The van der Waals surface area contributed by atoms with Crippen molar-refractivity contribution in [3.05, 3.63) is 181 Å². The highest BCUT2D eigenvalue weighted by atomic mass is 32.1. The summed E-state index contributed by atoms with van der Waals surface area (Å²) >= 11 is 1.70. The van der Waals surface area contributed by atoms with Crippen LogP contribution in [0, 0.1) is 11.3 Å². The normalized spacial score (nSPS) is 11.1. The van der Waals surface area contributed by atoms with E-state index in [1.165, 1.54) is 0 Å². The van der Waals surface area contributed by atoms with Gasteiger partial charge in [-0.15, -0.1) is 11.3 Å². The molecule has 8 heteroatoms. The second-order valence-corrected chi connectivity index (χ2v) is 14.5. The van der Waals surface area contributed by atoms with Gasteiger partial charge in [-0.2, -0.15) is 5.26 Å². The smallest absolute Gasteiger partial charge is 0.165 e. The van der Waals surface area contributed by atoms with Gasteiger partial charge in [0, 0.05) is 53.6 Å². The largest absolute Gasteiger partial charge is 0.208 e. The topological polar surface area (TPSA) is 101 Å². The van der Waals surface area contributed by atoms with Crippen LogP contribution < -0.4 is 0 Å². The van der Waals surface area contributed by atoms with Gasteiger partial charge >= 0.3 is 0 Å². The molecule has 7 nitrogen and oxygen atoms in total. The van der Waals surface area contributed by atoms with E-state index in [1.54, 1.807) is 11.3 Å². The Morgan fingerprint density at radius 3 is 1.33 bits per heavy atom. The molecule has 266 valence electrons. The minimum Gasteiger partial charge on any atom is -0.208 e. The molecular formula is C49H29N7S. The molecule has 3 heterocycles. The number of fused-ring (bicyclic) bond motifs is 3. The van der Waals surface area contributed by atoms with E-state index in [1.807, 2.05) is 140 Å².